The van der Waals surface area contributed by atoms with Crippen LogP contribution in [-0.2, 0) is 9.47 Å². The SMILES string of the molecule is CCC(NCC1COC(C)(C)O1)c1ccc(F)cc1. The van der Waals surface area contributed by atoms with Gasteiger partial charge in [-0.05, 0) is 38.0 Å². The van der Waals surface area contributed by atoms with E-state index in [1.165, 1.54) is 12.1 Å². The minimum atomic E-state index is -0.482. The van der Waals surface area contributed by atoms with Crippen molar-refractivity contribution < 1.29 is 13.9 Å². The van der Waals surface area contributed by atoms with Crippen LogP contribution >= 0.6 is 0 Å². The number of benzene rings is 1. The molecule has 0 bridgehead atoms. The van der Waals surface area contributed by atoms with Gasteiger partial charge in [-0.15, -0.1) is 0 Å². The molecule has 3 nitrogen and oxygen atoms in total. The Balaban J connectivity index is 1.88. The largest absolute Gasteiger partial charge is 0.348 e. The number of hydrogen-bond acceptors (Lipinski definition) is 3. The standard InChI is InChI=1S/C15H22FNO2/c1-4-14(11-5-7-12(16)8-6-11)17-9-13-10-18-15(2,3)19-13/h5-8,13-14,17H,4,9-10H2,1-3H3. The maximum absolute atomic E-state index is 12.9. The maximum Gasteiger partial charge on any atom is 0.163 e. The molecular formula is C15H22FNO2. The first-order valence-electron chi connectivity index (χ1n) is 6.81. The number of hydrogen-bond donors (Lipinski definition) is 1. The van der Waals surface area contributed by atoms with Crippen LogP contribution in [0.1, 0.15) is 38.8 Å². The third-order valence-corrected chi connectivity index (χ3v) is 3.34. The Bertz CT molecular complexity index is 405. The van der Waals surface area contributed by atoms with E-state index in [-0.39, 0.29) is 18.0 Å². The second kappa shape index (κ2) is 5.99. The normalized spacial score (nSPS) is 23.5. The number of ether oxygens (including phenoxy) is 2. The third-order valence-electron chi connectivity index (χ3n) is 3.34. The molecule has 1 N–H and O–H groups in total. The van der Waals surface area contributed by atoms with Gasteiger partial charge in [-0.2, -0.15) is 0 Å². The molecule has 1 aromatic rings. The quantitative estimate of drug-likeness (QED) is 0.889. The minimum absolute atomic E-state index is 0.0736. The van der Waals surface area contributed by atoms with Gasteiger partial charge < -0.3 is 14.8 Å². The molecule has 1 heterocycles. The van der Waals surface area contributed by atoms with Gasteiger partial charge in [0.05, 0.1) is 12.7 Å². The Hall–Kier alpha value is -0.970. The van der Waals surface area contributed by atoms with Crippen molar-refractivity contribution in [2.45, 2.75) is 45.1 Å². The predicted octanol–water partition coefficient (Wildman–Crippen LogP) is 3.02. The Morgan fingerprint density at radius 2 is 2.05 bits per heavy atom. The highest BCUT2D eigenvalue weighted by Gasteiger charge is 2.32. The van der Waals surface area contributed by atoms with Crippen molar-refractivity contribution in [3.8, 4) is 0 Å². The molecule has 0 radical (unpaired) electrons. The molecule has 1 saturated heterocycles. The van der Waals surface area contributed by atoms with Crippen molar-refractivity contribution in [1.29, 1.82) is 0 Å². The number of rotatable bonds is 5. The summed E-state index contributed by atoms with van der Waals surface area (Å²) in [6.45, 7) is 7.30. The molecular weight excluding hydrogens is 245 g/mol. The first kappa shape index (κ1) is 14.4. The molecule has 1 aliphatic heterocycles. The molecule has 2 rings (SSSR count). The van der Waals surface area contributed by atoms with E-state index in [0.29, 0.717) is 6.61 Å². The second-order valence-corrected chi connectivity index (χ2v) is 5.37. The lowest BCUT2D eigenvalue weighted by molar-refractivity contribution is -0.137. The Labute approximate surface area is 114 Å². The molecule has 2 atom stereocenters. The Morgan fingerprint density at radius 3 is 2.58 bits per heavy atom. The number of halogens is 1. The average Bonchev–Trinajstić information content (AvgIpc) is 2.72. The molecule has 1 aliphatic rings. The summed E-state index contributed by atoms with van der Waals surface area (Å²) in [5, 5.41) is 3.46. The van der Waals surface area contributed by atoms with Gasteiger partial charge in [0.2, 0.25) is 0 Å². The fourth-order valence-electron chi connectivity index (χ4n) is 2.33. The lowest BCUT2D eigenvalue weighted by Gasteiger charge is -2.21. The van der Waals surface area contributed by atoms with Gasteiger partial charge in [0, 0.05) is 12.6 Å². The summed E-state index contributed by atoms with van der Waals surface area (Å²) in [5.74, 6) is -0.683. The molecule has 2 unspecified atom stereocenters. The highest BCUT2D eigenvalue weighted by molar-refractivity contribution is 5.19. The average molecular weight is 267 g/mol. The zero-order valence-corrected chi connectivity index (χ0v) is 11.8. The summed E-state index contributed by atoms with van der Waals surface area (Å²) in [6.07, 6.45) is 1.02. The molecule has 19 heavy (non-hydrogen) atoms. The zero-order chi connectivity index (χ0) is 13.9. The first-order valence-corrected chi connectivity index (χ1v) is 6.81. The van der Waals surface area contributed by atoms with E-state index in [1.54, 1.807) is 0 Å². The lowest BCUT2D eigenvalue weighted by atomic mass is 10.0. The Morgan fingerprint density at radius 1 is 1.37 bits per heavy atom. The Kier molecular flexibility index (Phi) is 4.55. The highest BCUT2D eigenvalue weighted by Crippen LogP contribution is 2.23. The van der Waals surface area contributed by atoms with Crippen LogP contribution in [-0.4, -0.2) is 25.0 Å². The molecule has 0 amide bonds. The van der Waals surface area contributed by atoms with Gasteiger partial charge in [0.15, 0.2) is 5.79 Å². The van der Waals surface area contributed by atoms with Crippen molar-refractivity contribution in [3.63, 3.8) is 0 Å². The maximum atomic E-state index is 12.9. The molecule has 1 aromatic carbocycles. The highest BCUT2D eigenvalue weighted by atomic mass is 19.1. The van der Waals surface area contributed by atoms with Crippen molar-refractivity contribution in [3.05, 3.63) is 35.6 Å². The van der Waals surface area contributed by atoms with Crippen molar-refractivity contribution in [2.24, 2.45) is 0 Å². The zero-order valence-electron chi connectivity index (χ0n) is 11.8. The monoisotopic (exact) mass is 267 g/mol. The fraction of sp³-hybridized carbons (Fsp3) is 0.600. The molecule has 1 fully saturated rings. The summed E-state index contributed by atoms with van der Waals surface area (Å²) in [5.41, 5.74) is 1.10. The van der Waals surface area contributed by atoms with Crippen LogP contribution in [0, 0.1) is 5.82 Å². The second-order valence-electron chi connectivity index (χ2n) is 5.37. The summed E-state index contributed by atoms with van der Waals surface area (Å²) in [4.78, 5) is 0. The molecule has 106 valence electrons. The van der Waals surface area contributed by atoms with Crippen molar-refractivity contribution in [1.82, 2.24) is 5.32 Å². The van der Waals surface area contributed by atoms with Gasteiger partial charge in [0.25, 0.3) is 0 Å². The van der Waals surface area contributed by atoms with E-state index < -0.39 is 5.79 Å². The van der Waals surface area contributed by atoms with Crippen LogP contribution in [0.4, 0.5) is 4.39 Å². The number of nitrogens with one attached hydrogen (secondary N) is 1. The topological polar surface area (TPSA) is 30.5 Å². The van der Waals surface area contributed by atoms with Gasteiger partial charge >= 0.3 is 0 Å². The van der Waals surface area contributed by atoms with E-state index in [0.717, 1.165) is 18.5 Å². The first-order chi connectivity index (χ1) is 9.00. The fourth-order valence-corrected chi connectivity index (χ4v) is 2.33. The summed E-state index contributed by atoms with van der Waals surface area (Å²) < 4.78 is 24.2. The van der Waals surface area contributed by atoms with E-state index in [1.807, 2.05) is 26.0 Å². The smallest absolute Gasteiger partial charge is 0.163 e. The van der Waals surface area contributed by atoms with Crippen LogP contribution in [0.15, 0.2) is 24.3 Å². The predicted molar refractivity (Wildman–Crippen MR) is 72.3 cm³/mol. The van der Waals surface area contributed by atoms with Crippen LogP contribution in [0.5, 0.6) is 0 Å². The summed E-state index contributed by atoms with van der Waals surface area (Å²) >= 11 is 0. The third kappa shape index (κ3) is 4.00. The van der Waals surface area contributed by atoms with Gasteiger partial charge in [-0.25, -0.2) is 4.39 Å². The lowest BCUT2D eigenvalue weighted by Crippen LogP contribution is -2.32. The minimum Gasteiger partial charge on any atom is -0.348 e. The van der Waals surface area contributed by atoms with Crippen LogP contribution in [0.2, 0.25) is 0 Å². The van der Waals surface area contributed by atoms with Crippen LogP contribution in [0.3, 0.4) is 0 Å². The van der Waals surface area contributed by atoms with E-state index in [2.05, 4.69) is 12.2 Å². The molecule has 0 aromatic heterocycles. The molecule has 4 heteroatoms. The molecule has 0 spiro atoms. The van der Waals surface area contributed by atoms with Gasteiger partial charge in [0.1, 0.15) is 5.82 Å². The van der Waals surface area contributed by atoms with Gasteiger partial charge in [-0.3, -0.25) is 0 Å². The summed E-state index contributed by atoms with van der Waals surface area (Å²) in [7, 11) is 0. The van der Waals surface area contributed by atoms with Gasteiger partial charge in [-0.1, -0.05) is 19.1 Å². The molecule has 0 saturated carbocycles. The van der Waals surface area contributed by atoms with E-state index in [4.69, 9.17) is 9.47 Å². The van der Waals surface area contributed by atoms with E-state index >= 15 is 0 Å². The summed E-state index contributed by atoms with van der Waals surface area (Å²) in [6, 6.07) is 6.86. The van der Waals surface area contributed by atoms with Crippen molar-refractivity contribution in [2.75, 3.05) is 13.2 Å². The van der Waals surface area contributed by atoms with Crippen LogP contribution < -0.4 is 5.32 Å². The van der Waals surface area contributed by atoms with Crippen molar-refractivity contribution >= 4 is 0 Å². The molecule has 0 aliphatic carbocycles. The van der Waals surface area contributed by atoms with Crippen LogP contribution in [0.25, 0.3) is 0 Å². The van der Waals surface area contributed by atoms with E-state index in [9.17, 15) is 4.39 Å².